The van der Waals surface area contributed by atoms with E-state index in [-0.39, 0.29) is 0 Å². The number of unbranched alkanes of at least 4 members (excludes halogenated alkanes) is 2. The van der Waals surface area contributed by atoms with Crippen LogP contribution < -0.4 is 4.72 Å². The predicted molar refractivity (Wildman–Crippen MR) is 81.8 cm³/mol. The number of hydrogen-bond acceptors (Lipinski definition) is 2. The van der Waals surface area contributed by atoms with Crippen molar-refractivity contribution < 1.29 is 8.42 Å². The maximum absolute atomic E-state index is 12.3. The molecular weight excluding hydrogens is 270 g/mol. The molecule has 20 heavy (non-hydrogen) atoms. The molecule has 0 aromatic heterocycles. The van der Waals surface area contributed by atoms with E-state index in [1.807, 2.05) is 30.3 Å². The molecule has 0 aliphatic carbocycles. The first-order valence-corrected chi connectivity index (χ1v) is 8.04. The third-order valence-electron chi connectivity index (χ3n) is 3.08. The normalized spacial score (nSPS) is 11.3. The highest BCUT2D eigenvalue weighted by Crippen LogP contribution is 2.22. The highest BCUT2D eigenvalue weighted by atomic mass is 32.2. The van der Waals surface area contributed by atoms with Crippen LogP contribution in [0, 0.1) is 12.3 Å². The first kappa shape index (κ1) is 14.6. The summed E-state index contributed by atoms with van der Waals surface area (Å²) in [6.45, 7) is 0.410. The summed E-state index contributed by atoms with van der Waals surface area (Å²) in [4.78, 5) is 0.326. The van der Waals surface area contributed by atoms with Crippen LogP contribution in [-0.4, -0.2) is 15.0 Å². The smallest absolute Gasteiger partial charge is 0.211 e. The molecular formula is C16H17NO2S. The van der Waals surface area contributed by atoms with Crippen molar-refractivity contribution in [2.45, 2.75) is 24.2 Å². The number of nitrogens with one attached hydrogen (secondary N) is 1. The Kier molecular flexibility index (Phi) is 4.78. The summed E-state index contributed by atoms with van der Waals surface area (Å²) in [6.07, 6.45) is 7.41. The van der Waals surface area contributed by atoms with Crippen molar-refractivity contribution in [3.8, 4) is 12.3 Å². The van der Waals surface area contributed by atoms with E-state index >= 15 is 0 Å². The average Bonchev–Trinajstić information content (AvgIpc) is 2.46. The molecule has 0 amide bonds. The van der Waals surface area contributed by atoms with E-state index in [4.69, 9.17) is 6.42 Å². The predicted octanol–water partition coefficient (Wildman–Crippen LogP) is 2.92. The molecule has 0 fully saturated rings. The van der Waals surface area contributed by atoms with Gasteiger partial charge < -0.3 is 0 Å². The van der Waals surface area contributed by atoms with Gasteiger partial charge in [-0.2, -0.15) is 0 Å². The van der Waals surface area contributed by atoms with Crippen LogP contribution >= 0.6 is 0 Å². The molecule has 0 radical (unpaired) electrons. The molecule has 3 nitrogen and oxygen atoms in total. The average molecular weight is 287 g/mol. The van der Waals surface area contributed by atoms with Crippen LogP contribution in [0.4, 0.5) is 0 Å². The maximum Gasteiger partial charge on any atom is 0.241 e. The van der Waals surface area contributed by atoms with E-state index in [1.54, 1.807) is 12.1 Å². The second kappa shape index (κ2) is 6.56. The second-order valence-electron chi connectivity index (χ2n) is 4.54. The molecule has 0 saturated heterocycles. The van der Waals surface area contributed by atoms with Crippen LogP contribution in [0.15, 0.2) is 47.4 Å². The molecule has 2 aromatic rings. The molecule has 0 aliphatic heterocycles. The van der Waals surface area contributed by atoms with E-state index in [9.17, 15) is 8.42 Å². The van der Waals surface area contributed by atoms with Gasteiger partial charge >= 0.3 is 0 Å². The lowest BCUT2D eigenvalue weighted by atomic mass is 10.1. The van der Waals surface area contributed by atoms with Crippen LogP contribution in [0.25, 0.3) is 10.8 Å². The van der Waals surface area contributed by atoms with Crippen molar-refractivity contribution in [2.75, 3.05) is 6.54 Å². The fraction of sp³-hybridized carbons (Fsp3) is 0.250. The van der Waals surface area contributed by atoms with Crippen LogP contribution in [0.5, 0.6) is 0 Å². The van der Waals surface area contributed by atoms with Crippen molar-refractivity contribution in [3.05, 3.63) is 42.5 Å². The summed E-state index contributed by atoms with van der Waals surface area (Å²) in [5.41, 5.74) is 0. The van der Waals surface area contributed by atoms with Gasteiger partial charge in [-0.15, -0.1) is 12.3 Å². The van der Waals surface area contributed by atoms with Gasteiger partial charge in [0.2, 0.25) is 10.0 Å². The number of fused-ring (bicyclic) bond motifs is 1. The molecule has 2 aromatic carbocycles. The second-order valence-corrected chi connectivity index (χ2v) is 6.27. The molecule has 2 rings (SSSR count). The van der Waals surface area contributed by atoms with Gasteiger partial charge in [0, 0.05) is 18.4 Å². The van der Waals surface area contributed by atoms with Gasteiger partial charge in [-0.25, -0.2) is 13.1 Å². The van der Waals surface area contributed by atoms with Crippen LogP contribution in [0.2, 0.25) is 0 Å². The minimum Gasteiger partial charge on any atom is -0.211 e. The molecule has 0 spiro atoms. The molecule has 1 N–H and O–H groups in total. The fourth-order valence-electron chi connectivity index (χ4n) is 2.07. The minimum absolute atomic E-state index is 0.326. The van der Waals surface area contributed by atoms with Crippen molar-refractivity contribution in [3.63, 3.8) is 0 Å². The molecule has 4 heteroatoms. The third-order valence-corrected chi connectivity index (χ3v) is 4.60. The summed E-state index contributed by atoms with van der Waals surface area (Å²) in [5, 5.41) is 1.66. The number of sulfonamides is 1. The SMILES string of the molecule is C#CCCCCNS(=O)(=O)c1cccc2ccccc12. The Morgan fingerprint density at radius 1 is 1.05 bits per heavy atom. The zero-order chi connectivity index (χ0) is 14.4. The number of benzene rings is 2. The van der Waals surface area contributed by atoms with Crippen molar-refractivity contribution >= 4 is 20.8 Å². The van der Waals surface area contributed by atoms with Crippen molar-refractivity contribution in [2.24, 2.45) is 0 Å². The van der Waals surface area contributed by atoms with E-state index in [2.05, 4.69) is 10.6 Å². The topological polar surface area (TPSA) is 46.2 Å². The molecule has 0 aliphatic rings. The Balaban J connectivity index is 2.18. The van der Waals surface area contributed by atoms with Gasteiger partial charge in [0.25, 0.3) is 0 Å². The monoisotopic (exact) mass is 287 g/mol. The molecule has 104 valence electrons. The lowest BCUT2D eigenvalue weighted by Gasteiger charge is -2.09. The standard InChI is InChI=1S/C16H17NO2S/c1-2-3-4-7-13-17-20(18,19)16-12-8-10-14-9-5-6-11-15(14)16/h1,5-6,8-12,17H,3-4,7,13H2. The Morgan fingerprint density at radius 3 is 2.60 bits per heavy atom. The van der Waals surface area contributed by atoms with Crippen LogP contribution in [0.1, 0.15) is 19.3 Å². The third kappa shape index (κ3) is 3.38. The zero-order valence-electron chi connectivity index (χ0n) is 11.2. The van der Waals surface area contributed by atoms with Crippen LogP contribution in [0.3, 0.4) is 0 Å². The molecule has 0 heterocycles. The fourth-order valence-corrected chi connectivity index (χ4v) is 3.37. The van der Waals surface area contributed by atoms with Gasteiger partial charge in [0.15, 0.2) is 0 Å². The van der Waals surface area contributed by atoms with E-state index < -0.39 is 10.0 Å². The molecule has 0 bridgehead atoms. The van der Waals surface area contributed by atoms with Crippen LogP contribution in [-0.2, 0) is 10.0 Å². The largest absolute Gasteiger partial charge is 0.241 e. The highest BCUT2D eigenvalue weighted by Gasteiger charge is 2.15. The number of hydrogen-bond donors (Lipinski definition) is 1. The summed E-state index contributed by atoms with van der Waals surface area (Å²) in [6, 6.07) is 12.8. The summed E-state index contributed by atoms with van der Waals surface area (Å²) in [7, 11) is -3.48. The highest BCUT2D eigenvalue weighted by molar-refractivity contribution is 7.89. The number of terminal acetylenes is 1. The van der Waals surface area contributed by atoms with Gasteiger partial charge in [-0.3, -0.25) is 0 Å². The lowest BCUT2D eigenvalue weighted by molar-refractivity contribution is 0.578. The van der Waals surface area contributed by atoms with Gasteiger partial charge in [-0.05, 0) is 24.3 Å². The Morgan fingerprint density at radius 2 is 1.80 bits per heavy atom. The number of rotatable bonds is 6. The quantitative estimate of drug-likeness (QED) is 0.656. The van der Waals surface area contributed by atoms with Gasteiger partial charge in [0.05, 0.1) is 4.90 Å². The van der Waals surface area contributed by atoms with Crippen molar-refractivity contribution in [1.29, 1.82) is 0 Å². The van der Waals surface area contributed by atoms with Gasteiger partial charge in [0.1, 0.15) is 0 Å². The summed E-state index contributed by atoms with van der Waals surface area (Å²) in [5.74, 6) is 2.54. The minimum atomic E-state index is -3.48. The summed E-state index contributed by atoms with van der Waals surface area (Å²) >= 11 is 0. The molecule has 0 saturated carbocycles. The first-order chi connectivity index (χ1) is 9.65. The Hall–Kier alpha value is -1.83. The first-order valence-electron chi connectivity index (χ1n) is 6.56. The Bertz CT molecular complexity index is 724. The molecule has 0 unspecified atom stereocenters. The van der Waals surface area contributed by atoms with E-state index in [0.29, 0.717) is 17.9 Å². The van der Waals surface area contributed by atoms with E-state index in [1.165, 1.54) is 0 Å². The zero-order valence-corrected chi connectivity index (χ0v) is 12.0. The Labute approximate surface area is 120 Å². The van der Waals surface area contributed by atoms with E-state index in [0.717, 1.165) is 23.6 Å². The van der Waals surface area contributed by atoms with Crippen molar-refractivity contribution in [1.82, 2.24) is 4.72 Å². The maximum atomic E-state index is 12.3. The summed E-state index contributed by atoms with van der Waals surface area (Å²) < 4.78 is 27.3. The molecule has 0 atom stereocenters. The van der Waals surface area contributed by atoms with Gasteiger partial charge in [-0.1, -0.05) is 36.4 Å². The lowest BCUT2D eigenvalue weighted by Crippen LogP contribution is -2.25.